The summed E-state index contributed by atoms with van der Waals surface area (Å²) in [6.07, 6.45) is -4.67. The predicted molar refractivity (Wildman–Crippen MR) is 106 cm³/mol. The quantitative estimate of drug-likeness (QED) is 0.455. The Kier molecular flexibility index (Phi) is 7.30. The fraction of sp³-hybridized carbons (Fsp3) is 0.235. The Hall–Kier alpha value is -2.11. The second kappa shape index (κ2) is 9.14. The van der Waals surface area contributed by atoms with Crippen LogP contribution in [0, 0.1) is 0 Å². The molecule has 29 heavy (non-hydrogen) atoms. The van der Waals surface area contributed by atoms with Crippen molar-refractivity contribution in [2.45, 2.75) is 27.6 Å². The third kappa shape index (κ3) is 6.18. The zero-order valence-corrected chi connectivity index (χ0v) is 17.5. The molecule has 0 fully saturated rings. The number of para-hydroxylation sites is 1. The number of benzene rings is 2. The van der Waals surface area contributed by atoms with Crippen LogP contribution in [0.15, 0.2) is 52.3 Å². The summed E-state index contributed by atoms with van der Waals surface area (Å²) in [5.74, 6) is -0.196. The average molecular weight is 469 g/mol. The lowest BCUT2D eigenvalue weighted by Gasteiger charge is -2.17. The molecule has 0 saturated heterocycles. The summed E-state index contributed by atoms with van der Waals surface area (Å²) in [6, 6.07) is 9.33. The van der Waals surface area contributed by atoms with Crippen LogP contribution in [0.1, 0.15) is 6.92 Å². The lowest BCUT2D eigenvalue weighted by molar-refractivity contribution is -0.114. The van der Waals surface area contributed by atoms with Crippen LogP contribution < -0.4 is 14.8 Å². The molecule has 6 nitrogen and oxygen atoms in total. The van der Waals surface area contributed by atoms with E-state index >= 15 is 0 Å². The molecule has 0 aliphatic heterocycles. The first-order valence-electron chi connectivity index (χ1n) is 7.89. The summed E-state index contributed by atoms with van der Waals surface area (Å²) >= 11 is 5.63. The number of nitrogens with one attached hydrogen (secondary N) is 2. The van der Waals surface area contributed by atoms with Gasteiger partial charge in [-0.3, -0.25) is 9.52 Å². The number of thioether (sulfide) groups is 1. The van der Waals surface area contributed by atoms with Gasteiger partial charge in [-0.15, -0.1) is 11.6 Å². The SMILES string of the molecule is COc1ccc(S(=O)(=O)Nc2ccccc2S[C@@H](Cl)C(F)(F)F)cc1NC(C)=O. The Morgan fingerprint density at radius 2 is 1.83 bits per heavy atom. The van der Waals surface area contributed by atoms with Gasteiger partial charge in [-0.05, 0) is 30.3 Å². The van der Waals surface area contributed by atoms with Crippen molar-refractivity contribution in [3.05, 3.63) is 42.5 Å². The first-order chi connectivity index (χ1) is 13.4. The molecule has 0 aromatic heterocycles. The highest BCUT2D eigenvalue weighted by atomic mass is 35.5. The van der Waals surface area contributed by atoms with Gasteiger partial charge in [0.1, 0.15) is 5.75 Å². The zero-order valence-electron chi connectivity index (χ0n) is 15.1. The molecule has 2 N–H and O–H groups in total. The van der Waals surface area contributed by atoms with Crippen LogP contribution in [0.4, 0.5) is 24.5 Å². The van der Waals surface area contributed by atoms with Crippen molar-refractivity contribution in [3.63, 3.8) is 0 Å². The molecule has 0 spiro atoms. The fourth-order valence-electron chi connectivity index (χ4n) is 2.18. The van der Waals surface area contributed by atoms with Crippen molar-refractivity contribution in [2.75, 3.05) is 17.1 Å². The summed E-state index contributed by atoms with van der Waals surface area (Å²) in [7, 11) is -2.83. The molecule has 0 radical (unpaired) electrons. The number of amides is 1. The molecule has 0 unspecified atom stereocenters. The van der Waals surface area contributed by atoms with Gasteiger partial charge in [-0.1, -0.05) is 23.9 Å². The Morgan fingerprint density at radius 3 is 2.41 bits per heavy atom. The smallest absolute Gasteiger partial charge is 0.414 e. The third-order valence-electron chi connectivity index (χ3n) is 3.41. The molecular weight excluding hydrogens is 453 g/mol. The summed E-state index contributed by atoms with van der Waals surface area (Å²) in [5, 5.41) is 2.45. The molecule has 2 aromatic carbocycles. The van der Waals surface area contributed by atoms with E-state index in [4.69, 9.17) is 16.3 Å². The van der Waals surface area contributed by atoms with Gasteiger partial charge >= 0.3 is 6.18 Å². The number of alkyl halides is 4. The van der Waals surface area contributed by atoms with Gasteiger partial charge < -0.3 is 10.1 Å². The van der Waals surface area contributed by atoms with Gasteiger partial charge in [0.25, 0.3) is 10.0 Å². The van der Waals surface area contributed by atoms with Crippen LogP contribution in [0.25, 0.3) is 0 Å². The molecule has 0 bridgehead atoms. The molecule has 2 rings (SSSR count). The number of methoxy groups -OCH3 is 1. The van der Waals surface area contributed by atoms with Crippen LogP contribution in [0.2, 0.25) is 0 Å². The molecule has 0 aliphatic rings. The largest absolute Gasteiger partial charge is 0.495 e. The summed E-state index contributed by atoms with van der Waals surface area (Å²) < 4.78 is 68.8. The minimum Gasteiger partial charge on any atom is -0.495 e. The summed E-state index contributed by atoms with van der Waals surface area (Å²) in [5.41, 5.74) is 0.0627. The number of carbonyl (C=O) groups is 1. The standard InChI is InChI=1S/C17H16ClF3N2O4S2/c1-10(24)22-13-9-11(7-8-14(13)27-2)29(25,26)23-12-5-3-4-6-15(12)28-16(18)17(19,20)21/h3-9,16,23H,1-2H3,(H,22,24)/t16-/m1/s1. The minimum atomic E-state index is -4.67. The molecule has 2 aromatic rings. The second-order valence-electron chi connectivity index (χ2n) is 5.62. The van der Waals surface area contributed by atoms with Gasteiger partial charge in [-0.2, -0.15) is 13.2 Å². The average Bonchev–Trinajstić information content (AvgIpc) is 2.61. The third-order valence-corrected chi connectivity index (χ3v) is 6.37. The Bertz CT molecular complexity index is 1000. The monoisotopic (exact) mass is 468 g/mol. The molecule has 12 heteroatoms. The van der Waals surface area contributed by atoms with Crippen LogP contribution in [-0.2, 0) is 14.8 Å². The van der Waals surface area contributed by atoms with E-state index in [9.17, 15) is 26.4 Å². The molecule has 0 heterocycles. The van der Waals surface area contributed by atoms with Crippen molar-refractivity contribution in [1.82, 2.24) is 0 Å². The number of ether oxygens (including phenoxy) is 1. The highest BCUT2D eigenvalue weighted by Crippen LogP contribution is 2.41. The first kappa shape index (κ1) is 23.2. The first-order valence-corrected chi connectivity index (χ1v) is 10.7. The molecule has 0 aliphatic carbocycles. The maximum atomic E-state index is 12.8. The van der Waals surface area contributed by atoms with Gasteiger partial charge in [-0.25, -0.2) is 8.42 Å². The number of anilines is 2. The maximum Gasteiger partial charge on any atom is 0.414 e. The van der Waals surface area contributed by atoms with Gasteiger partial charge in [0, 0.05) is 11.8 Å². The van der Waals surface area contributed by atoms with Crippen LogP contribution >= 0.6 is 23.4 Å². The number of hydrogen-bond acceptors (Lipinski definition) is 5. The van der Waals surface area contributed by atoms with E-state index in [0.717, 1.165) is 0 Å². The molecule has 1 atom stereocenters. The van der Waals surface area contributed by atoms with E-state index in [2.05, 4.69) is 10.0 Å². The van der Waals surface area contributed by atoms with Crippen LogP contribution in [-0.4, -0.2) is 32.3 Å². The second-order valence-corrected chi connectivity index (χ2v) is 9.14. The molecular formula is C17H16ClF3N2O4S2. The van der Waals surface area contributed by atoms with Crippen molar-refractivity contribution in [1.29, 1.82) is 0 Å². The molecule has 158 valence electrons. The van der Waals surface area contributed by atoms with E-state index in [0.29, 0.717) is 0 Å². The van der Waals surface area contributed by atoms with Crippen molar-refractivity contribution >= 4 is 50.7 Å². The summed E-state index contributed by atoms with van der Waals surface area (Å²) in [6.45, 7) is 1.25. The van der Waals surface area contributed by atoms with E-state index in [1.54, 1.807) is 0 Å². The number of hydrogen-bond donors (Lipinski definition) is 2. The predicted octanol–water partition coefficient (Wildman–Crippen LogP) is 4.67. The Morgan fingerprint density at radius 1 is 1.17 bits per heavy atom. The fourth-order valence-corrected chi connectivity index (χ4v) is 4.40. The normalized spacial score (nSPS) is 12.9. The van der Waals surface area contributed by atoms with E-state index in [1.807, 2.05) is 0 Å². The van der Waals surface area contributed by atoms with Crippen molar-refractivity contribution in [3.8, 4) is 5.75 Å². The Balaban J connectivity index is 2.36. The molecule has 0 saturated carbocycles. The number of carbonyl (C=O) groups excluding carboxylic acids is 1. The lowest BCUT2D eigenvalue weighted by Crippen LogP contribution is -2.20. The number of sulfonamides is 1. The van der Waals surface area contributed by atoms with Gasteiger partial charge in [0.05, 0.1) is 23.4 Å². The Labute approximate surface area is 174 Å². The zero-order chi connectivity index (χ0) is 21.8. The number of rotatable bonds is 7. The van der Waals surface area contributed by atoms with E-state index in [-0.39, 0.29) is 38.7 Å². The van der Waals surface area contributed by atoms with Gasteiger partial charge in [0.2, 0.25) is 5.91 Å². The van der Waals surface area contributed by atoms with E-state index < -0.39 is 26.8 Å². The molecule has 1 amide bonds. The van der Waals surface area contributed by atoms with Crippen LogP contribution in [0.3, 0.4) is 0 Å². The highest BCUT2D eigenvalue weighted by Gasteiger charge is 2.39. The lowest BCUT2D eigenvalue weighted by atomic mass is 10.3. The number of halogens is 4. The van der Waals surface area contributed by atoms with Crippen molar-refractivity contribution in [2.24, 2.45) is 0 Å². The topological polar surface area (TPSA) is 84.5 Å². The van der Waals surface area contributed by atoms with Crippen LogP contribution in [0.5, 0.6) is 5.75 Å². The minimum absolute atomic E-state index is 0.00370. The summed E-state index contributed by atoms with van der Waals surface area (Å²) in [4.78, 5) is 11.1. The van der Waals surface area contributed by atoms with E-state index in [1.165, 1.54) is 56.5 Å². The maximum absolute atomic E-state index is 12.8. The van der Waals surface area contributed by atoms with Crippen molar-refractivity contribution < 1.29 is 31.1 Å². The van der Waals surface area contributed by atoms with Gasteiger partial charge in [0.15, 0.2) is 4.71 Å². The highest BCUT2D eigenvalue weighted by molar-refractivity contribution is 8.01.